The Kier molecular flexibility index (Phi) is 4.70. The molecule has 2 heterocycles. The van der Waals surface area contributed by atoms with Gasteiger partial charge in [-0.25, -0.2) is 14.2 Å². The van der Waals surface area contributed by atoms with Crippen LogP contribution in [0.25, 0.3) is 21.5 Å². The number of aromatic nitrogens is 1. The van der Waals surface area contributed by atoms with Gasteiger partial charge in [-0.3, -0.25) is 4.79 Å². The van der Waals surface area contributed by atoms with E-state index in [1.165, 1.54) is 34.9 Å². The highest BCUT2D eigenvalue weighted by atomic mass is 79.9. The zero-order valence-corrected chi connectivity index (χ0v) is 16.3. The molecule has 1 amide bonds. The van der Waals surface area contributed by atoms with Crippen LogP contribution in [-0.2, 0) is 0 Å². The third-order valence-electron chi connectivity index (χ3n) is 3.92. The lowest BCUT2D eigenvalue weighted by molar-refractivity contribution is 0.0699. The van der Waals surface area contributed by atoms with E-state index >= 15 is 0 Å². The van der Waals surface area contributed by atoms with Gasteiger partial charge >= 0.3 is 11.9 Å². The number of anilines is 1. The van der Waals surface area contributed by atoms with Gasteiger partial charge in [-0.15, -0.1) is 11.3 Å². The monoisotopic (exact) mass is 460 g/mol. The van der Waals surface area contributed by atoms with Gasteiger partial charge in [0.05, 0.1) is 10.6 Å². The van der Waals surface area contributed by atoms with Crippen LogP contribution in [0.4, 0.5) is 10.1 Å². The van der Waals surface area contributed by atoms with Crippen molar-refractivity contribution in [2.75, 3.05) is 5.32 Å². The third-order valence-corrected chi connectivity index (χ3v) is 5.48. The number of nitrogens with one attached hydrogen (secondary N) is 1. The van der Waals surface area contributed by atoms with E-state index in [2.05, 4.69) is 26.2 Å². The Bertz CT molecular complexity index is 1220. The number of carboxylic acid groups (broad SMARTS) is 1. The van der Waals surface area contributed by atoms with E-state index in [-0.39, 0.29) is 28.2 Å². The van der Waals surface area contributed by atoms with Crippen molar-refractivity contribution in [3.8, 4) is 10.4 Å². The minimum atomic E-state index is -1.18. The lowest BCUT2D eigenvalue weighted by Crippen LogP contribution is -2.14. The molecule has 0 aliphatic heterocycles. The normalized spacial score (nSPS) is 10.9. The van der Waals surface area contributed by atoms with Gasteiger partial charge in [-0.05, 0) is 29.8 Å². The molecule has 2 N–H and O–H groups in total. The quantitative estimate of drug-likeness (QED) is 0.424. The third kappa shape index (κ3) is 3.30. The highest BCUT2D eigenvalue weighted by Crippen LogP contribution is 2.36. The van der Waals surface area contributed by atoms with Crippen molar-refractivity contribution in [2.24, 2.45) is 0 Å². The Hall–Kier alpha value is -3.04. The molecule has 0 aliphatic carbocycles. The summed E-state index contributed by atoms with van der Waals surface area (Å²) in [4.78, 5) is 28.6. The summed E-state index contributed by atoms with van der Waals surface area (Å²) in [5.74, 6) is -2.91. The minimum Gasteiger partial charge on any atom is -0.478 e. The van der Waals surface area contributed by atoms with Gasteiger partial charge < -0.3 is 14.8 Å². The summed E-state index contributed by atoms with van der Waals surface area (Å²) in [5.41, 5.74) is 0.845. The molecule has 0 unspecified atom stereocenters. The first-order valence-corrected chi connectivity index (χ1v) is 9.58. The summed E-state index contributed by atoms with van der Waals surface area (Å²) in [5, 5.41) is 13.7. The Morgan fingerprint density at radius 2 is 1.93 bits per heavy atom. The van der Waals surface area contributed by atoms with Crippen LogP contribution in [0.2, 0.25) is 0 Å². The molecule has 0 spiro atoms. The van der Waals surface area contributed by atoms with Crippen molar-refractivity contribution in [3.63, 3.8) is 0 Å². The molecule has 2 aromatic heterocycles. The molecule has 0 fully saturated rings. The summed E-state index contributed by atoms with van der Waals surface area (Å²) in [6.07, 6.45) is 0. The maximum atomic E-state index is 13.7. The van der Waals surface area contributed by atoms with Gasteiger partial charge in [-0.1, -0.05) is 34.1 Å². The zero-order chi connectivity index (χ0) is 19.8. The highest BCUT2D eigenvalue weighted by molar-refractivity contribution is 9.10. The molecule has 0 atom stereocenters. The molecular formula is C19H10BrFN2O4S. The van der Waals surface area contributed by atoms with Crippen LogP contribution < -0.4 is 5.32 Å². The molecule has 0 saturated carbocycles. The smallest absolute Gasteiger partial charge is 0.339 e. The first kappa shape index (κ1) is 18.3. The number of carbonyl (C=O) groups is 2. The molecular weight excluding hydrogens is 451 g/mol. The number of halogens is 2. The van der Waals surface area contributed by atoms with E-state index in [1.54, 1.807) is 24.3 Å². The van der Waals surface area contributed by atoms with Gasteiger partial charge in [0.2, 0.25) is 0 Å². The molecule has 0 bridgehead atoms. The number of carbonyl (C=O) groups excluding carboxylic acids is 1. The number of hydrogen-bond donors (Lipinski definition) is 2. The summed E-state index contributed by atoms with van der Waals surface area (Å²) in [6.45, 7) is 0. The van der Waals surface area contributed by atoms with Crippen LogP contribution in [0.15, 0.2) is 56.7 Å². The first-order chi connectivity index (χ1) is 13.4. The number of oxazole rings is 1. The number of amides is 1. The van der Waals surface area contributed by atoms with Crippen molar-refractivity contribution in [1.29, 1.82) is 0 Å². The summed E-state index contributed by atoms with van der Waals surface area (Å²) >= 11 is 4.52. The lowest BCUT2D eigenvalue weighted by atomic mass is 10.1. The number of nitrogens with zero attached hydrogens (tertiary/aromatic N) is 1. The molecule has 4 aromatic rings. The van der Waals surface area contributed by atoms with Crippen molar-refractivity contribution in [3.05, 3.63) is 69.6 Å². The summed E-state index contributed by atoms with van der Waals surface area (Å²) < 4.78 is 19.9. The molecule has 0 aliphatic rings. The molecule has 2 aromatic carbocycles. The number of thiophene rings is 1. The Morgan fingerprint density at radius 3 is 2.61 bits per heavy atom. The van der Waals surface area contributed by atoms with Crippen LogP contribution in [0.3, 0.4) is 0 Å². The van der Waals surface area contributed by atoms with Crippen LogP contribution in [0.1, 0.15) is 21.0 Å². The van der Waals surface area contributed by atoms with Gasteiger partial charge in [0.15, 0.2) is 11.4 Å². The SMILES string of the molecule is O=C(Nc1csc(-c2ccc(Br)cc2)c1C(=O)O)c1nc2c(F)cccc2o1. The number of hydrogen-bond acceptors (Lipinski definition) is 5. The molecule has 28 heavy (non-hydrogen) atoms. The minimum absolute atomic E-state index is 0.0389. The molecule has 6 nitrogen and oxygen atoms in total. The van der Waals surface area contributed by atoms with Crippen molar-refractivity contribution in [2.45, 2.75) is 0 Å². The topological polar surface area (TPSA) is 92.4 Å². The van der Waals surface area contributed by atoms with E-state index in [9.17, 15) is 19.1 Å². The van der Waals surface area contributed by atoms with E-state index < -0.39 is 17.7 Å². The van der Waals surface area contributed by atoms with E-state index in [4.69, 9.17) is 4.42 Å². The van der Waals surface area contributed by atoms with Gasteiger partial charge in [-0.2, -0.15) is 0 Å². The molecule has 4 rings (SSSR count). The van der Waals surface area contributed by atoms with Crippen molar-refractivity contribution in [1.82, 2.24) is 4.98 Å². The zero-order valence-electron chi connectivity index (χ0n) is 13.9. The second-order valence-corrected chi connectivity index (χ2v) is 7.52. The number of benzene rings is 2. The van der Waals surface area contributed by atoms with Gasteiger partial charge in [0.25, 0.3) is 5.89 Å². The Morgan fingerprint density at radius 1 is 1.18 bits per heavy atom. The van der Waals surface area contributed by atoms with E-state index in [1.807, 2.05) is 0 Å². The maximum absolute atomic E-state index is 13.7. The van der Waals surface area contributed by atoms with E-state index in [0.717, 1.165) is 4.47 Å². The average molecular weight is 461 g/mol. The standard InChI is InChI=1S/C19H10BrFN2O4S/c20-10-6-4-9(5-7-10)16-14(19(25)26)12(8-28-16)22-17(24)18-23-15-11(21)2-1-3-13(15)27-18/h1-8H,(H,22,24)(H,25,26). The Labute approximate surface area is 169 Å². The summed E-state index contributed by atoms with van der Waals surface area (Å²) in [6, 6.07) is 11.3. The van der Waals surface area contributed by atoms with Crippen LogP contribution in [-0.4, -0.2) is 22.0 Å². The highest BCUT2D eigenvalue weighted by Gasteiger charge is 2.23. The maximum Gasteiger partial charge on any atom is 0.339 e. The predicted molar refractivity (Wildman–Crippen MR) is 106 cm³/mol. The molecule has 140 valence electrons. The number of rotatable bonds is 4. The fraction of sp³-hybridized carbons (Fsp3) is 0. The fourth-order valence-electron chi connectivity index (χ4n) is 2.66. The summed E-state index contributed by atoms with van der Waals surface area (Å²) in [7, 11) is 0. The van der Waals surface area contributed by atoms with Crippen LogP contribution >= 0.6 is 27.3 Å². The number of para-hydroxylation sites is 1. The Balaban J connectivity index is 1.69. The van der Waals surface area contributed by atoms with Crippen LogP contribution in [0.5, 0.6) is 0 Å². The average Bonchev–Trinajstić information content (AvgIpc) is 3.27. The fourth-order valence-corrected chi connectivity index (χ4v) is 3.93. The number of carboxylic acids is 1. The van der Waals surface area contributed by atoms with Gasteiger partial charge in [0.1, 0.15) is 11.1 Å². The van der Waals surface area contributed by atoms with Crippen molar-refractivity contribution >= 4 is 55.9 Å². The lowest BCUT2D eigenvalue weighted by Gasteiger charge is -2.04. The largest absolute Gasteiger partial charge is 0.478 e. The first-order valence-electron chi connectivity index (χ1n) is 7.91. The molecule has 0 saturated heterocycles. The van der Waals surface area contributed by atoms with Gasteiger partial charge in [0, 0.05) is 9.85 Å². The van der Waals surface area contributed by atoms with Crippen molar-refractivity contribution < 1.29 is 23.5 Å². The number of aromatic carboxylic acids is 1. The van der Waals surface area contributed by atoms with E-state index in [0.29, 0.717) is 10.4 Å². The predicted octanol–water partition coefficient (Wildman–Crippen LogP) is 5.41. The molecule has 0 radical (unpaired) electrons. The second kappa shape index (κ2) is 7.17. The number of fused-ring (bicyclic) bond motifs is 1. The molecule has 9 heteroatoms. The second-order valence-electron chi connectivity index (χ2n) is 5.73. The van der Waals surface area contributed by atoms with Crippen LogP contribution in [0, 0.1) is 5.82 Å².